The van der Waals surface area contributed by atoms with Gasteiger partial charge in [0, 0.05) is 18.7 Å². The van der Waals surface area contributed by atoms with E-state index in [0.717, 1.165) is 11.1 Å². The Morgan fingerprint density at radius 1 is 1.40 bits per heavy atom. The molecule has 0 aliphatic rings. The van der Waals surface area contributed by atoms with Crippen LogP contribution in [0.5, 0.6) is 0 Å². The molecule has 0 unspecified atom stereocenters. The quantitative estimate of drug-likeness (QED) is 0.871. The molecule has 20 heavy (non-hydrogen) atoms. The number of benzene rings is 1. The monoisotopic (exact) mass is 270 g/mol. The first-order chi connectivity index (χ1) is 9.60. The van der Waals surface area contributed by atoms with Gasteiger partial charge in [0.2, 0.25) is 5.76 Å². The first kappa shape index (κ1) is 13.8. The van der Waals surface area contributed by atoms with Crippen molar-refractivity contribution in [2.45, 2.75) is 20.0 Å². The van der Waals surface area contributed by atoms with Crippen molar-refractivity contribution in [2.75, 3.05) is 0 Å². The van der Waals surface area contributed by atoms with E-state index in [4.69, 9.17) is 14.8 Å². The van der Waals surface area contributed by atoms with Crippen LogP contribution in [-0.2, 0) is 13.1 Å². The highest BCUT2D eigenvalue weighted by Crippen LogP contribution is 2.14. The van der Waals surface area contributed by atoms with Gasteiger partial charge in [-0.05, 0) is 30.7 Å². The van der Waals surface area contributed by atoms with Crippen LogP contribution in [0.4, 0.5) is 0 Å². The molecule has 0 saturated carbocycles. The van der Waals surface area contributed by atoms with E-state index in [1.807, 2.05) is 18.2 Å². The van der Waals surface area contributed by atoms with Gasteiger partial charge in [0.05, 0.1) is 11.6 Å². The molecule has 5 nitrogen and oxygen atoms in total. The standard InChI is InChI=1S/C15H14N2O3/c1-10-13(6-14(20-10)15(18)19)9-17-8-12-4-2-3-11(5-12)7-16/h2-6,17H,8-9H2,1H3,(H,18,19). The molecule has 0 amide bonds. The highest BCUT2D eigenvalue weighted by atomic mass is 16.4. The molecular weight excluding hydrogens is 256 g/mol. The van der Waals surface area contributed by atoms with E-state index in [0.29, 0.717) is 24.4 Å². The van der Waals surface area contributed by atoms with Crippen molar-refractivity contribution >= 4 is 5.97 Å². The van der Waals surface area contributed by atoms with Crippen molar-refractivity contribution in [3.05, 3.63) is 58.5 Å². The van der Waals surface area contributed by atoms with Crippen LogP contribution in [0.15, 0.2) is 34.7 Å². The van der Waals surface area contributed by atoms with Crippen LogP contribution in [0.25, 0.3) is 0 Å². The van der Waals surface area contributed by atoms with Crippen LogP contribution >= 0.6 is 0 Å². The van der Waals surface area contributed by atoms with Crippen LogP contribution in [0.2, 0.25) is 0 Å². The average molecular weight is 270 g/mol. The second kappa shape index (κ2) is 6.04. The van der Waals surface area contributed by atoms with Crippen LogP contribution in [0.3, 0.4) is 0 Å². The molecule has 2 aromatic rings. The Labute approximate surface area is 116 Å². The molecule has 0 atom stereocenters. The molecule has 2 N–H and O–H groups in total. The summed E-state index contributed by atoms with van der Waals surface area (Å²) < 4.78 is 5.13. The van der Waals surface area contributed by atoms with Crippen molar-refractivity contribution in [3.63, 3.8) is 0 Å². The zero-order valence-electron chi connectivity index (χ0n) is 11.0. The number of aromatic carboxylic acids is 1. The van der Waals surface area contributed by atoms with Gasteiger partial charge in [0.1, 0.15) is 5.76 Å². The normalized spacial score (nSPS) is 10.2. The molecule has 102 valence electrons. The van der Waals surface area contributed by atoms with E-state index < -0.39 is 5.97 Å². The number of furan rings is 1. The minimum Gasteiger partial charge on any atom is -0.475 e. The smallest absolute Gasteiger partial charge is 0.371 e. The molecule has 2 rings (SSSR count). The minimum absolute atomic E-state index is 0.0502. The molecule has 0 aliphatic heterocycles. The Balaban J connectivity index is 1.96. The lowest BCUT2D eigenvalue weighted by atomic mass is 10.1. The number of hydrogen-bond acceptors (Lipinski definition) is 4. The predicted octanol–water partition coefficient (Wildman–Crippen LogP) is 2.45. The third-order valence-corrected chi connectivity index (χ3v) is 2.93. The number of nitriles is 1. The van der Waals surface area contributed by atoms with Gasteiger partial charge in [-0.25, -0.2) is 4.79 Å². The van der Waals surface area contributed by atoms with Crippen LogP contribution in [0.1, 0.15) is 33.0 Å². The van der Waals surface area contributed by atoms with E-state index in [1.165, 1.54) is 6.07 Å². The second-order valence-electron chi connectivity index (χ2n) is 4.41. The fraction of sp³-hybridized carbons (Fsp3) is 0.200. The lowest BCUT2D eigenvalue weighted by molar-refractivity contribution is 0.0661. The summed E-state index contributed by atoms with van der Waals surface area (Å²) >= 11 is 0. The molecule has 0 radical (unpaired) electrons. The summed E-state index contributed by atoms with van der Waals surface area (Å²) in [5.74, 6) is -0.521. The maximum absolute atomic E-state index is 10.8. The number of carboxylic acids is 1. The van der Waals surface area contributed by atoms with E-state index in [9.17, 15) is 4.79 Å². The topological polar surface area (TPSA) is 86.3 Å². The van der Waals surface area contributed by atoms with Crippen LogP contribution in [0, 0.1) is 18.3 Å². The van der Waals surface area contributed by atoms with E-state index in [1.54, 1.807) is 13.0 Å². The third kappa shape index (κ3) is 3.25. The number of carbonyl (C=O) groups is 1. The van der Waals surface area contributed by atoms with Crippen molar-refractivity contribution < 1.29 is 14.3 Å². The summed E-state index contributed by atoms with van der Waals surface area (Å²) in [5.41, 5.74) is 2.44. The van der Waals surface area contributed by atoms with Gasteiger partial charge in [-0.15, -0.1) is 0 Å². The van der Waals surface area contributed by atoms with Gasteiger partial charge in [0.15, 0.2) is 0 Å². The SMILES string of the molecule is Cc1oc(C(=O)O)cc1CNCc1cccc(C#N)c1. The number of nitrogens with zero attached hydrogens (tertiary/aromatic N) is 1. The maximum Gasteiger partial charge on any atom is 0.371 e. The van der Waals surface area contributed by atoms with E-state index in [2.05, 4.69) is 11.4 Å². The largest absolute Gasteiger partial charge is 0.475 e. The van der Waals surface area contributed by atoms with Gasteiger partial charge < -0.3 is 14.8 Å². The Kier molecular flexibility index (Phi) is 4.18. The summed E-state index contributed by atoms with van der Waals surface area (Å²) in [6.45, 7) is 2.85. The van der Waals surface area contributed by atoms with Crippen molar-refractivity contribution in [1.29, 1.82) is 5.26 Å². The molecule has 1 heterocycles. The zero-order chi connectivity index (χ0) is 14.5. The highest BCUT2D eigenvalue weighted by molar-refractivity contribution is 5.84. The Bertz CT molecular complexity index is 668. The molecule has 1 aromatic carbocycles. The van der Waals surface area contributed by atoms with Gasteiger partial charge in [-0.1, -0.05) is 12.1 Å². The predicted molar refractivity (Wildman–Crippen MR) is 72.1 cm³/mol. The molecule has 0 saturated heterocycles. The van der Waals surface area contributed by atoms with Gasteiger partial charge >= 0.3 is 5.97 Å². The number of aryl methyl sites for hydroxylation is 1. The maximum atomic E-state index is 10.8. The Morgan fingerprint density at radius 2 is 2.20 bits per heavy atom. The second-order valence-corrected chi connectivity index (χ2v) is 4.41. The van der Waals surface area contributed by atoms with Crippen LogP contribution < -0.4 is 5.32 Å². The average Bonchev–Trinajstić information content (AvgIpc) is 2.81. The first-order valence-electron chi connectivity index (χ1n) is 6.12. The highest BCUT2D eigenvalue weighted by Gasteiger charge is 2.12. The molecule has 0 bridgehead atoms. The summed E-state index contributed by atoms with van der Waals surface area (Å²) in [6, 6.07) is 11.0. The Hall–Kier alpha value is -2.58. The van der Waals surface area contributed by atoms with E-state index >= 15 is 0 Å². The molecular formula is C15H14N2O3. The molecule has 0 spiro atoms. The number of carboxylic acid groups (broad SMARTS) is 1. The lowest BCUT2D eigenvalue weighted by Crippen LogP contribution is -2.12. The third-order valence-electron chi connectivity index (χ3n) is 2.93. The van der Waals surface area contributed by atoms with Gasteiger partial charge in [-0.2, -0.15) is 5.26 Å². The molecule has 0 aliphatic carbocycles. The van der Waals surface area contributed by atoms with Gasteiger partial charge in [-0.3, -0.25) is 0 Å². The summed E-state index contributed by atoms with van der Waals surface area (Å²) in [5, 5.41) is 20.9. The van der Waals surface area contributed by atoms with Crippen molar-refractivity contribution in [3.8, 4) is 6.07 Å². The minimum atomic E-state index is -1.07. The lowest BCUT2D eigenvalue weighted by Gasteiger charge is -2.04. The Morgan fingerprint density at radius 3 is 2.85 bits per heavy atom. The van der Waals surface area contributed by atoms with Crippen LogP contribution in [-0.4, -0.2) is 11.1 Å². The number of rotatable bonds is 5. The van der Waals surface area contributed by atoms with Crippen molar-refractivity contribution in [1.82, 2.24) is 5.32 Å². The molecule has 5 heteroatoms. The zero-order valence-corrected chi connectivity index (χ0v) is 11.0. The number of hydrogen-bond donors (Lipinski definition) is 2. The summed E-state index contributed by atoms with van der Waals surface area (Å²) in [6.07, 6.45) is 0. The van der Waals surface area contributed by atoms with Crippen molar-refractivity contribution in [2.24, 2.45) is 0 Å². The summed E-state index contributed by atoms with van der Waals surface area (Å²) in [7, 11) is 0. The summed E-state index contributed by atoms with van der Waals surface area (Å²) in [4.78, 5) is 10.8. The molecule has 1 aromatic heterocycles. The van der Waals surface area contributed by atoms with E-state index in [-0.39, 0.29) is 5.76 Å². The van der Waals surface area contributed by atoms with Gasteiger partial charge in [0.25, 0.3) is 0 Å². The fourth-order valence-corrected chi connectivity index (χ4v) is 1.89. The molecule has 0 fully saturated rings. The first-order valence-corrected chi connectivity index (χ1v) is 6.12. The fourth-order valence-electron chi connectivity index (χ4n) is 1.89. The number of nitrogens with one attached hydrogen (secondary N) is 1.